The highest BCUT2D eigenvalue weighted by atomic mass is 32.1. The van der Waals surface area contributed by atoms with Crippen LogP contribution in [0.15, 0.2) is 53.9 Å². The maximum Gasteiger partial charge on any atom is 0.246 e. The Balaban J connectivity index is 1.31. The zero-order valence-corrected chi connectivity index (χ0v) is 21.5. The van der Waals surface area contributed by atoms with Crippen LogP contribution in [0.3, 0.4) is 0 Å². The van der Waals surface area contributed by atoms with Gasteiger partial charge in [-0.2, -0.15) is 0 Å². The summed E-state index contributed by atoms with van der Waals surface area (Å²) >= 11 is 1.54. The first-order chi connectivity index (χ1) is 18.0. The Labute approximate surface area is 220 Å². The molecule has 4 heterocycles. The third kappa shape index (κ3) is 4.14. The molecule has 1 aromatic heterocycles. The van der Waals surface area contributed by atoms with E-state index in [1.165, 1.54) is 6.42 Å². The lowest BCUT2D eigenvalue weighted by Gasteiger charge is -2.34. The van der Waals surface area contributed by atoms with E-state index in [-0.39, 0.29) is 23.8 Å². The lowest BCUT2D eigenvalue weighted by molar-refractivity contribution is -0.142. The molecule has 2 bridgehead atoms. The van der Waals surface area contributed by atoms with Gasteiger partial charge in [0, 0.05) is 22.7 Å². The number of benzene rings is 1. The number of nitrogens with one attached hydrogen (secondary N) is 2. The molecular weight excluding hydrogens is 490 g/mol. The van der Waals surface area contributed by atoms with Crippen LogP contribution in [-0.4, -0.2) is 53.5 Å². The Kier molecular flexibility index (Phi) is 6.28. The Morgan fingerprint density at radius 1 is 1.16 bits per heavy atom. The zero-order valence-electron chi connectivity index (χ0n) is 20.7. The van der Waals surface area contributed by atoms with Gasteiger partial charge in [-0.15, -0.1) is 11.3 Å². The van der Waals surface area contributed by atoms with Gasteiger partial charge in [0.05, 0.1) is 31.6 Å². The van der Waals surface area contributed by atoms with E-state index in [1.807, 2.05) is 29.7 Å². The summed E-state index contributed by atoms with van der Waals surface area (Å²) < 4.78 is 11.7. The summed E-state index contributed by atoms with van der Waals surface area (Å²) in [7, 11) is 1.57. The van der Waals surface area contributed by atoms with Crippen molar-refractivity contribution in [1.82, 2.24) is 10.2 Å². The van der Waals surface area contributed by atoms with Crippen molar-refractivity contribution in [3.05, 3.63) is 58.8 Å². The summed E-state index contributed by atoms with van der Waals surface area (Å²) in [5, 5.41) is 8.12. The van der Waals surface area contributed by atoms with Crippen molar-refractivity contribution in [2.45, 2.75) is 62.4 Å². The minimum Gasteiger partial charge on any atom is -0.497 e. The molecule has 1 aliphatic carbocycles. The standard InChI is InChI=1S/C28H31N3O5S/c1-35-19-10-5-9-18(15-19)30-25(32)22-21-12-13-28(36-21)23(22)27(34)31(16-20-11-6-14-37-20)24(28)26(33)29-17-7-3-2-4-8-17/h5-6,9-15,17,21-24H,2-4,7-8,16H2,1H3,(H,29,33)(H,30,32)/t21-,22?,23-,24?,28?/m1/s1. The van der Waals surface area contributed by atoms with Crippen LogP contribution in [-0.2, 0) is 25.7 Å². The number of methoxy groups -OCH3 is 1. The van der Waals surface area contributed by atoms with Crippen LogP contribution in [0.5, 0.6) is 5.75 Å². The summed E-state index contributed by atoms with van der Waals surface area (Å²) in [6, 6.07) is 10.3. The number of carbonyl (C=O) groups excluding carboxylic acids is 3. The Bertz CT molecular complexity index is 1220. The molecule has 8 nitrogen and oxygen atoms in total. The van der Waals surface area contributed by atoms with Crippen LogP contribution >= 0.6 is 11.3 Å². The highest BCUT2D eigenvalue weighted by molar-refractivity contribution is 7.09. The largest absolute Gasteiger partial charge is 0.497 e. The summed E-state index contributed by atoms with van der Waals surface area (Å²) in [5.74, 6) is -1.59. The van der Waals surface area contributed by atoms with E-state index < -0.39 is 29.6 Å². The number of rotatable bonds is 7. The quantitative estimate of drug-likeness (QED) is 0.544. The predicted octanol–water partition coefficient (Wildman–Crippen LogP) is 3.49. The summed E-state index contributed by atoms with van der Waals surface area (Å²) in [6.45, 7) is 0.309. The van der Waals surface area contributed by atoms with Gasteiger partial charge in [0.2, 0.25) is 17.7 Å². The SMILES string of the molecule is COc1cccc(NC(=O)C2[C@H]3C=CC4(O3)C(C(=O)NC3CCCCC3)N(Cc3cccs3)C(=O)[C@@H]24)c1. The number of hydrogen-bond donors (Lipinski definition) is 2. The first kappa shape index (κ1) is 24.2. The van der Waals surface area contributed by atoms with E-state index in [4.69, 9.17) is 9.47 Å². The number of thiophene rings is 1. The molecule has 0 radical (unpaired) electrons. The molecule has 2 saturated heterocycles. The maximum atomic E-state index is 14.0. The minimum absolute atomic E-state index is 0.102. The lowest BCUT2D eigenvalue weighted by atomic mass is 9.74. The molecular formula is C28H31N3O5S. The molecule has 3 amide bonds. The third-order valence-corrected chi connectivity index (χ3v) is 8.98. The first-order valence-corrected chi connectivity index (χ1v) is 13.8. The van der Waals surface area contributed by atoms with Crippen molar-refractivity contribution in [2.75, 3.05) is 12.4 Å². The van der Waals surface area contributed by atoms with Gasteiger partial charge in [-0.1, -0.05) is 43.5 Å². The van der Waals surface area contributed by atoms with Crippen molar-refractivity contribution in [2.24, 2.45) is 11.8 Å². The number of anilines is 1. The number of nitrogens with zero attached hydrogens (tertiary/aromatic N) is 1. The highest BCUT2D eigenvalue weighted by Crippen LogP contribution is 2.55. The van der Waals surface area contributed by atoms with Crippen molar-refractivity contribution in [1.29, 1.82) is 0 Å². The normalized spacial score (nSPS) is 30.4. The van der Waals surface area contributed by atoms with E-state index >= 15 is 0 Å². The van der Waals surface area contributed by atoms with Crippen molar-refractivity contribution in [3.63, 3.8) is 0 Å². The smallest absolute Gasteiger partial charge is 0.246 e. The summed E-state index contributed by atoms with van der Waals surface area (Å²) in [4.78, 5) is 44.0. The van der Waals surface area contributed by atoms with Gasteiger partial charge in [0.15, 0.2) is 0 Å². The number of carbonyl (C=O) groups is 3. The second-order valence-corrected chi connectivity index (χ2v) is 11.3. The molecule has 2 aromatic rings. The van der Waals surface area contributed by atoms with Crippen LogP contribution < -0.4 is 15.4 Å². The van der Waals surface area contributed by atoms with Gasteiger partial charge in [-0.25, -0.2) is 0 Å². The fourth-order valence-corrected chi connectivity index (χ4v) is 7.16. The van der Waals surface area contributed by atoms with Crippen molar-refractivity contribution >= 4 is 34.7 Å². The van der Waals surface area contributed by atoms with Crippen LogP contribution in [0.25, 0.3) is 0 Å². The highest BCUT2D eigenvalue weighted by Gasteiger charge is 2.72. The van der Waals surface area contributed by atoms with Crippen LogP contribution in [0, 0.1) is 11.8 Å². The molecule has 3 aliphatic heterocycles. The van der Waals surface area contributed by atoms with E-state index in [0.717, 1.165) is 30.6 Å². The van der Waals surface area contributed by atoms with E-state index in [1.54, 1.807) is 47.6 Å². The molecule has 4 aliphatic rings. The number of amides is 3. The summed E-state index contributed by atoms with van der Waals surface area (Å²) in [5.41, 5.74) is -0.577. The zero-order chi connectivity index (χ0) is 25.6. The van der Waals surface area contributed by atoms with E-state index in [2.05, 4.69) is 10.6 Å². The number of hydrogen-bond acceptors (Lipinski definition) is 6. The molecule has 5 atom stereocenters. The molecule has 2 N–H and O–H groups in total. The minimum atomic E-state index is -1.16. The average Bonchev–Trinajstić information content (AvgIpc) is 3.68. The first-order valence-electron chi connectivity index (χ1n) is 13.0. The fraction of sp³-hybridized carbons (Fsp3) is 0.464. The second-order valence-electron chi connectivity index (χ2n) is 10.3. The molecule has 1 saturated carbocycles. The third-order valence-electron chi connectivity index (χ3n) is 8.12. The molecule has 9 heteroatoms. The Morgan fingerprint density at radius 2 is 2.00 bits per heavy atom. The summed E-state index contributed by atoms with van der Waals surface area (Å²) in [6.07, 6.45) is 8.39. The van der Waals surface area contributed by atoms with Gasteiger partial charge in [0.1, 0.15) is 17.4 Å². The monoisotopic (exact) mass is 521 g/mol. The van der Waals surface area contributed by atoms with E-state index in [9.17, 15) is 14.4 Å². The molecule has 37 heavy (non-hydrogen) atoms. The predicted molar refractivity (Wildman–Crippen MR) is 139 cm³/mol. The molecule has 1 spiro atoms. The van der Waals surface area contributed by atoms with Gasteiger partial charge >= 0.3 is 0 Å². The lowest BCUT2D eigenvalue weighted by Crippen LogP contribution is -2.56. The van der Waals surface area contributed by atoms with Crippen LogP contribution in [0.2, 0.25) is 0 Å². The fourth-order valence-electron chi connectivity index (χ4n) is 6.46. The maximum absolute atomic E-state index is 14.0. The Hall–Kier alpha value is -3.17. The average molecular weight is 522 g/mol. The van der Waals surface area contributed by atoms with Crippen molar-refractivity contribution < 1.29 is 23.9 Å². The second kappa shape index (κ2) is 9.61. The van der Waals surface area contributed by atoms with Gasteiger partial charge in [0.25, 0.3) is 0 Å². The van der Waals surface area contributed by atoms with E-state index in [0.29, 0.717) is 18.0 Å². The topological polar surface area (TPSA) is 97.0 Å². The van der Waals surface area contributed by atoms with Gasteiger partial charge < -0.3 is 25.0 Å². The number of ether oxygens (including phenoxy) is 2. The van der Waals surface area contributed by atoms with Gasteiger partial charge in [-0.3, -0.25) is 14.4 Å². The number of likely N-dealkylation sites (tertiary alicyclic amines) is 1. The van der Waals surface area contributed by atoms with Crippen LogP contribution in [0.4, 0.5) is 5.69 Å². The van der Waals surface area contributed by atoms with Gasteiger partial charge in [-0.05, 0) is 36.4 Å². The molecule has 194 valence electrons. The molecule has 3 unspecified atom stereocenters. The van der Waals surface area contributed by atoms with Crippen molar-refractivity contribution in [3.8, 4) is 5.75 Å². The molecule has 6 rings (SSSR count). The molecule has 3 fully saturated rings. The molecule has 1 aromatic carbocycles. The Morgan fingerprint density at radius 3 is 2.76 bits per heavy atom. The number of fused-ring (bicyclic) bond motifs is 1. The van der Waals surface area contributed by atoms with Crippen LogP contribution in [0.1, 0.15) is 37.0 Å².